The monoisotopic (exact) mass is 311 g/mol. The van der Waals surface area contributed by atoms with Crippen molar-refractivity contribution in [3.63, 3.8) is 0 Å². The lowest BCUT2D eigenvalue weighted by molar-refractivity contribution is -0.194. The molecule has 1 aliphatic rings. The summed E-state index contributed by atoms with van der Waals surface area (Å²) in [6.45, 7) is 2.43. The Morgan fingerprint density at radius 3 is 2.52 bits per heavy atom. The van der Waals surface area contributed by atoms with E-state index in [1.165, 1.54) is 11.9 Å². The number of hydrogen-bond acceptors (Lipinski definition) is 5. The zero-order valence-electron chi connectivity index (χ0n) is 11.6. The van der Waals surface area contributed by atoms with Crippen molar-refractivity contribution >= 4 is 18.0 Å². The maximum atomic E-state index is 12.1. The lowest BCUT2D eigenvalue weighted by Crippen LogP contribution is -2.60. The van der Waals surface area contributed by atoms with Gasteiger partial charge in [-0.05, 0) is 6.92 Å². The quantitative estimate of drug-likeness (QED) is 0.572. The molecule has 7 nitrogen and oxygen atoms in total. The van der Waals surface area contributed by atoms with Gasteiger partial charge in [0.1, 0.15) is 6.04 Å². The molecule has 0 aromatic carbocycles. The third-order valence-corrected chi connectivity index (χ3v) is 3.02. The third-order valence-electron chi connectivity index (χ3n) is 3.02. The van der Waals surface area contributed by atoms with Crippen LogP contribution >= 0.6 is 0 Å². The summed E-state index contributed by atoms with van der Waals surface area (Å²) in [4.78, 5) is 36.6. The highest BCUT2D eigenvalue weighted by atomic mass is 19.4. The number of alkyl halides is 3. The van der Waals surface area contributed by atoms with Gasteiger partial charge in [-0.1, -0.05) is 0 Å². The number of carbonyl (C=O) groups is 3. The number of esters is 1. The van der Waals surface area contributed by atoms with Crippen LogP contribution in [0.3, 0.4) is 0 Å². The highest BCUT2D eigenvalue weighted by Crippen LogP contribution is 2.18. The van der Waals surface area contributed by atoms with Gasteiger partial charge in [0.25, 0.3) is 0 Å². The predicted octanol–water partition coefficient (Wildman–Crippen LogP) is -0.0360. The number of piperazine rings is 1. The van der Waals surface area contributed by atoms with Crippen LogP contribution in [0.5, 0.6) is 0 Å². The summed E-state index contributed by atoms with van der Waals surface area (Å²) < 4.78 is 40.0. The number of amides is 2. The normalized spacial score (nSPS) is 19.1. The van der Waals surface area contributed by atoms with E-state index >= 15 is 0 Å². The Labute approximate surface area is 119 Å². The van der Waals surface area contributed by atoms with Gasteiger partial charge < -0.3 is 15.0 Å². The predicted molar refractivity (Wildman–Crippen MR) is 64.2 cm³/mol. The van der Waals surface area contributed by atoms with Gasteiger partial charge in [0.2, 0.25) is 5.91 Å². The Kier molecular flexibility index (Phi) is 5.53. The molecule has 0 aromatic rings. The van der Waals surface area contributed by atoms with E-state index in [0.29, 0.717) is 6.54 Å². The van der Waals surface area contributed by atoms with E-state index in [4.69, 9.17) is 0 Å². The van der Waals surface area contributed by atoms with E-state index in [2.05, 4.69) is 10.1 Å². The van der Waals surface area contributed by atoms with Gasteiger partial charge in [-0.2, -0.15) is 13.2 Å². The number of nitrogens with one attached hydrogen (secondary N) is 1. The van der Waals surface area contributed by atoms with Gasteiger partial charge in [-0.15, -0.1) is 0 Å². The number of rotatable bonds is 2. The van der Waals surface area contributed by atoms with Crippen molar-refractivity contribution in [3.8, 4) is 0 Å². The summed E-state index contributed by atoms with van der Waals surface area (Å²) in [5.41, 5.74) is 0. The molecule has 21 heavy (non-hydrogen) atoms. The fraction of sp³-hybridized carbons (Fsp3) is 0.727. The van der Waals surface area contributed by atoms with E-state index < -0.39 is 30.2 Å². The zero-order valence-corrected chi connectivity index (χ0v) is 11.6. The van der Waals surface area contributed by atoms with E-state index in [9.17, 15) is 27.6 Å². The zero-order chi connectivity index (χ0) is 16.2. The fourth-order valence-electron chi connectivity index (χ4n) is 1.75. The standard InChI is InChI=1S/C11H16F3N3O4/c1-3-16(2)8(18)7-6-15-4-5-17(7)10(20)21-9(19)11(12,13)14/h7,15H,3-6H2,1-2H3/t7-/m0/s1. The average molecular weight is 311 g/mol. The maximum Gasteiger partial charge on any atom is 0.491 e. The number of likely N-dealkylation sites (N-methyl/N-ethyl adjacent to an activating group) is 1. The SMILES string of the molecule is CCN(C)C(=O)[C@@H]1CNCCN1C(=O)OC(=O)C(F)(F)F. The molecule has 0 aromatic heterocycles. The first kappa shape index (κ1) is 17.2. The summed E-state index contributed by atoms with van der Waals surface area (Å²) in [6.07, 6.45) is -6.73. The Balaban J connectivity index is 2.79. The molecule has 1 atom stereocenters. The van der Waals surface area contributed by atoms with Crippen LogP contribution in [0.2, 0.25) is 0 Å². The van der Waals surface area contributed by atoms with Crippen LogP contribution in [-0.2, 0) is 14.3 Å². The number of nitrogens with zero attached hydrogens (tertiary/aromatic N) is 2. The highest BCUT2D eigenvalue weighted by molar-refractivity contribution is 5.91. The number of hydrogen-bond donors (Lipinski definition) is 1. The third kappa shape index (κ3) is 4.31. The second kappa shape index (κ2) is 6.74. The van der Waals surface area contributed by atoms with Crippen molar-refractivity contribution in [2.75, 3.05) is 33.2 Å². The van der Waals surface area contributed by atoms with Crippen LogP contribution in [0.15, 0.2) is 0 Å². The molecule has 0 radical (unpaired) electrons. The molecule has 1 fully saturated rings. The van der Waals surface area contributed by atoms with E-state index in [0.717, 1.165) is 4.90 Å². The number of ether oxygens (including phenoxy) is 1. The van der Waals surface area contributed by atoms with E-state index in [1.54, 1.807) is 6.92 Å². The minimum atomic E-state index is -5.26. The summed E-state index contributed by atoms with van der Waals surface area (Å²) >= 11 is 0. The van der Waals surface area contributed by atoms with Crippen molar-refractivity contribution in [2.24, 2.45) is 0 Å². The molecule has 2 amide bonds. The first-order valence-electron chi connectivity index (χ1n) is 6.23. The average Bonchev–Trinajstić information content (AvgIpc) is 2.44. The van der Waals surface area contributed by atoms with Gasteiger partial charge >= 0.3 is 18.2 Å². The molecule has 1 rings (SSSR count). The topological polar surface area (TPSA) is 79.0 Å². The molecule has 0 aliphatic carbocycles. The maximum absolute atomic E-state index is 12.1. The molecule has 0 spiro atoms. The molecule has 1 heterocycles. The van der Waals surface area contributed by atoms with Crippen molar-refractivity contribution in [2.45, 2.75) is 19.1 Å². The second-order valence-electron chi connectivity index (χ2n) is 4.42. The molecule has 10 heteroatoms. The van der Waals surface area contributed by atoms with Crippen molar-refractivity contribution in [1.29, 1.82) is 0 Å². The van der Waals surface area contributed by atoms with Crippen molar-refractivity contribution in [3.05, 3.63) is 0 Å². The van der Waals surface area contributed by atoms with E-state index in [1.807, 2.05) is 0 Å². The van der Waals surface area contributed by atoms with Gasteiger partial charge in [-0.3, -0.25) is 9.69 Å². The lowest BCUT2D eigenvalue weighted by Gasteiger charge is -2.35. The van der Waals surface area contributed by atoms with Crippen LogP contribution in [0.4, 0.5) is 18.0 Å². The molecular weight excluding hydrogens is 295 g/mol. The Morgan fingerprint density at radius 2 is 2.00 bits per heavy atom. The minimum absolute atomic E-state index is 0.0298. The van der Waals surface area contributed by atoms with Crippen molar-refractivity contribution in [1.82, 2.24) is 15.1 Å². The second-order valence-corrected chi connectivity index (χ2v) is 4.42. The first-order chi connectivity index (χ1) is 9.68. The van der Waals surface area contributed by atoms with Gasteiger partial charge in [-0.25, -0.2) is 9.59 Å². The summed E-state index contributed by atoms with van der Waals surface area (Å²) in [6, 6.07) is -1.00. The number of halogens is 3. The minimum Gasteiger partial charge on any atom is -0.369 e. The van der Waals surface area contributed by atoms with Gasteiger partial charge in [0.15, 0.2) is 0 Å². The molecule has 1 N–H and O–H groups in total. The van der Waals surface area contributed by atoms with Crippen LogP contribution in [-0.4, -0.2) is 73.2 Å². The van der Waals surface area contributed by atoms with Gasteiger partial charge in [0.05, 0.1) is 0 Å². The molecule has 0 unspecified atom stereocenters. The fourth-order valence-corrected chi connectivity index (χ4v) is 1.75. The van der Waals surface area contributed by atoms with Crippen LogP contribution in [0.1, 0.15) is 6.92 Å². The molecular formula is C11H16F3N3O4. The molecule has 1 saturated heterocycles. The molecule has 0 bridgehead atoms. The smallest absolute Gasteiger partial charge is 0.369 e. The largest absolute Gasteiger partial charge is 0.491 e. The van der Waals surface area contributed by atoms with Crippen LogP contribution in [0.25, 0.3) is 0 Å². The Hall–Kier alpha value is -1.84. The first-order valence-corrected chi connectivity index (χ1v) is 6.23. The Morgan fingerprint density at radius 1 is 1.38 bits per heavy atom. The van der Waals surface area contributed by atoms with E-state index in [-0.39, 0.29) is 19.6 Å². The van der Waals surface area contributed by atoms with Crippen molar-refractivity contribution < 1.29 is 32.3 Å². The summed E-state index contributed by atoms with van der Waals surface area (Å²) in [7, 11) is 1.50. The van der Waals surface area contributed by atoms with Gasteiger partial charge in [0, 0.05) is 33.2 Å². The summed E-state index contributed by atoms with van der Waals surface area (Å²) in [5.74, 6) is -3.04. The molecule has 120 valence electrons. The number of carbonyl (C=O) groups excluding carboxylic acids is 3. The van der Waals surface area contributed by atoms with Crippen LogP contribution < -0.4 is 5.32 Å². The highest BCUT2D eigenvalue weighted by Gasteiger charge is 2.44. The van der Waals surface area contributed by atoms with Crippen LogP contribution in [0, 0.1) is 0 Å². The summed E-state index contributed by atoms with van der Waals surface area (Å²) in [5, 5.41) is 2.86. The lowest BCUT2D eigenvalue weighted by atomic mass is 10.2. The molecule has 0 saturated carbocycles. The molecule has 1 aliphatic heterocycles. The Bertz CT molecular complexity index is 427.